The van der Waals surface area contributed by atoms with Crippen LogP contribution in [0.1, 0.15) is 15.9 Å². The predicted octanol–water partition coefficient (Wildman–Crippen LogP) is 2.63. The lowest BCUT2D eigenvalue weighted by molar-refractivity contribution is 0.103. The Bertz CT molecular complexity index is 786. The molecule has 110 valence electrons. The molecule has 5 nitrogen and oxygen atoms in total. The van der Waals surface area contributed by atoms with Crippen molar-refractivity contribution in [3.05, 3.63) is 58.1 Å². The van der Waals surface area contributed by atoms with Gasteiger partial charge >= 0.3 is 0 Å². The number of hydrogen-bond donors (Lipinski definition) is 2. The molecule has 0 spiro atoms. The van der Waals surface area contributed by atoms with Crippen molar-refractivity contribution in [1.29, 1.82) is 0 Å². The van der Waals surface area contributed by atoms with Crippen molar-refractivity contribution < 1.29 is 13.2 Å². The monoisotopic (exact) mass is 368 g/mol. The molecule has 0 aliphatic heterocycles. The molecule has 0 aromatic heterocycles. The second kappa shape index (κ2) is 5.87. The minimum absolute atomic E-state index is 0.194. The van der Waals surface area contributed by atoms with Crippen LogP contribution in [0.25, 0.3) is 0 Å². The zero-order valence-corrected chi connectivity index (χ0v) is 13.5. The second-order valence-electron chi connectivity index (χ2n) is 4.52. The minimum Gasteiger partial charge on any atom is -0.399 e. The first-order chi connectivity index (χ1) is 9.76. The molecule has 0 heterocycles. The highest BCUT2D eigenvalue weighted by Crippen LogP contribution is 2.23. The van der Waals surface area contributed by atoms with Crippen LogP contribution < -0.4 is 10.5 Å². The van der Waals surface area contributed by atoms with E-state index < -0.39 is 10.0 Å². The highest BCUT2D eigenvalue weighted by atomic mass is 79.9. The van der Waals surface area contributed by atoms with Gasteiger partial charge in [0.1, 0.15) is 0 Å². The molecule has 0 atom stereocenters. The van der Waals surface area contributed by atoms with Crippen LogP contribution in [0.3, 0.4) is 0 Å². The first-order valence-electron chi connectivity index (χ1n) is 5.94. The molecule has 0 saturated carbocycles. The normalized spacial score (nSPS) is 11.1. The number of nitrogens with one attached hydrogen (secondary N) is 1. The fourth-order valence-electron chi connectivity index (χ4n) is 1.78. The van der Waals surface area contributed by atoms with E-state index in [2.05, 4.69) is 20.7 Å². The molecule has 0 amide bonds. The zero-order chi connectivity index (χ0) is 15.6. The van der Waals surface area contributed by atoms with Gasteiger partial charge in [-0.1, -0.05) is 15.9 Å². The molecule has 0 saturated heterocycles. The van der Waals surface area contributed by atoms with E-state index in [-0.39, 0.29) is 5.78 Å². The van der Waals surface area contributed by atoms with Crippen LogP contribution >= 0.6 is 15.9 Å². The van der Waals surface area contributed by atoms with E-state index in [9.17, 15) is 13.2 Å². The van der Waals surface area contributed by atoms with Gasteiger partial charge in [0.25, 0.3) is 0 Å². The third kappa shape index (κ3) is 4.05. The van der Waals surface area contributed by atoms with Crippen LogP contribution in [0.15, 0.2) is 46.9 Å². The summed E-state index contributed by atoms with van der Waals surface area (Å²) in [7, 11) is -3.33. The summed E-state index contributed by atoms with van der Waals surface area (Å²) in [6, 6.07) is 11.2. The predicted molar refractivity (Wildman–Crippen MR) is 86.9 cm³/mol. The number of hydrogen-bond acceptors (Lipinski definition) is 4. The van der Waals surface area contributed by atoms with Crippen molar-refractivity contribution in [2.75, 3.05) is 16.7 Å². The summed E-state index contributed by atoms with van der Waals surface area (Å²) in [5, 5.41) is 0. The van der Waals surface area contributed by atoms with Gasteiger partial charge in [0, 0.05) is 27.0 Å². The van der Waals surface area contributed by atoms with Crippen LogP contribution in [0, 0.1) is 0 Å². The van der Waals surface area contributed by atoms with Crippen LogP contribution in [0.5, 0.6) is 0 Å². The molecule has 0 aliphatic carbocycles. The molecule has 0 fully saturated rings. The average molecular weight is 369 g/mol. The van der Waals surface area contributed by atoms with Crippen molar-refractivity contribution in [2.24, 2.45) is 0 Å². The molecule has 2 aromatic rings. The molecule has 0 bridgehead atoms. The van der Waals surface area contributed by atoms with E-state index >= 15 is 0 Å². The molecular formula is C14H13BrN2O3S. The average Bonchev–Trinajstić information content (AvgIpc) is 2.40. The van der Waals surface area contributed by atoms with Crippen molar-refractivity contribution >= 4 is 43.1 Å². The van der Waals surface area contributed by atoms with Gasteiger partial charge in [-0.15, -0.1) is 0 Å². The Morgan fingerprint density at radius 2 is 1.76 bits per heavy atom. The SMILES string of the molecule is CS(=O)(=O)Nc1ccc(C(=O)c2cc(N)ccc2Br)cc1. The minimum atomic E-state index is -3.33. The third-order valence-corrected chi connectivity index (χ3v) is 3.98. The third-order valence-electron chi connectivity index (χ3n) is 2.69. The fraction of sp³-hybridized carbons (Fsp3) is 0.0714. The van der Waals surface area contributed by atoms with Gasteiger partial charge in [-0.05, 0) is 42.5 Å². The molecule has 0 radical (unpaired) electrons. The summed E-state index contributed by atoms with van der Waals surface area (Å²) in [6.07, 6.45) is 1.07. The van der Waals surface area contributed by atoms with Gasteiger partial charge < -0.3 is 5.73 Å². The zero-order valence-electron chi connectivity index (χ0n) is 11.1. The lowest BCUT2D eigenvalue weighted by Gasteiger charge is -2.07. The maximum absolute atomic E-state index is 12.4. The summed E-state index contributed by atoms with van der Waals surface area (Å²) in [5.74, 6) is -0.194. The molecule has 0 unspecified atom stereocenters. The Labute approximate surface area is 131 Å². The molecule has 0 aliphatic rings. The van der Waals surface area contributed by atoms with Crippen molar-refractivity contribution in [1.82, 2.24) is 0 Å². The standard InChI is InChI=1S/C14H13BrN2O3S/c1-21(19,20)17-11-5-2-9(3-6-11)14(18)12-8-10(16)4-7-13(12)15/h2-8,17H,16H2,1H3. The number of anilines is 2. The Morgan fingerprint density at radius 1 is 1.14 bits per heavy atom. The Morgan fingerprint density at radius 3 is 2.33 bits per heavy atom. The molecule has 2 aromatic carbocycles. The molecule has 3 N–H and O–H groups in total. The maximum Gasteiger partial charge on any atom is 0.229 e. The summed E-state index contributed by atoms with van der Waals surface area (Å²) >= 11 is 3.31. The summed E-state index contributed by atoms with van der Waals surface area (Å²) in [6.45, 7) is 0. The number of sulfonamides is 1. The van der Waals surface area contributed by atoms with Crippen molar-refractivity contribution in [2.45, 2.75) is 0 Å². The molecule has 21 heavy (non-hydrogen) atoms. The number of carbonyl (C=O) groups excluding carboxylic acids is 1. The van der Waals surface area contributed by atoms with Crippen LogP contribution in [-0.2, 0) is 10.0 Å². The maximum atomic E-state index is 12.4. The van der Waals surface area contributed by atoms with E-state index in [1.165, 1.54) is 12.1 Å². The lowest BCUT2D eigenvalue weighted by atomic mass is 10.0. The number of ketones is 1. The second-order valence-corrected chi connectivity index (χ2v) is 7.12. The number of rotatable bonds is 4. The first kappa shape index (κ1) is 15.5. The molecular weight excluding hydrogens is 356 g/mol. The Balaban J connectivity index is 2.30. The van der Waals surface area contributed by atoms with Gasteiger partial charge in [-0.2, -0.15) is 0 Å². The van der Waals surface area contributed by atoms with Gasteiger partial charge in [0.05, 0.1) is 6.26 Å². The largest absolute Gasteiger partial charge is 0.399 e. The topological polar surface area (TPSA) is 89.3 Å². The quantitative estimate of drug-likeness (QED) is 0.641. The van der Waals surface area contributed by atoms with Gasteiger partial charge in [-0.3, -0.25) is 9.52 Å². The smallest absolute Gasteiger partial charge is 0.229 e. The first-order valence-corrected chi connectivity index (χ1v) is 8.62. The summed E-state index contributed by atoms with van der Waals surface area (Å²) in [4.78, 5) is 12.4. The van der Waals surface area contributed by atoms with E-state index in [1.54, 1.807) is 30.3 Å². The highest BCUT2D eigenvalue weighted by molar-refractivity contribution is 9.10. The molecule has 2 rings (SSSR count). The van der Waals surface area contributed by atoms with Crippen molar-refractivity contribution in [3.8, 4) is 0 Å². The number of benzene rings is 2. The van der Waals surface area contributed by atoms with Crippen LogP contribution in [0.2, 0.25) is 0 Å². The van der Waals surface area contributed by atoms with E-state index in [0.717, 1.165) is 6.26 Å². The van der Waals surface area contributed by atoms with Gasteiger partial charge in [0.2, 0.25) is 10.0 Å². The van der Waals surface area contributed by atoms with Gasteiger partial charge in [-0.25, -0.2) is 8.42 Å². The molecule has 7 heteroatoms. The fourth-order valence-corrected chi connectivity index (χ4v) is 2.77. The summed E-state index contributed by atoms with van der Waals surface area (Å²) in [5.41, 5.74) is 7.49. The van der Waals surface area contributed by atoms with Crippen LogP contribution in [-0.4, -0.2) is 20.5 Å². The Kier molecular flexibility index (Phi) is 4.34. The lowest BCUT2D eigenvalue weighted by Crippen LogP contribution is -2.10. The van der Waals surface area contributed by atoms with Crippen molar-refractivity contribution in [3.63, 3.8) is 0 Å². The number of nitrogen functional groups attached to an aromatic ring is 1. The van der Waals surface area contributed by atoms with Crippen LogP contribution in [0.4, 0.5) is 11.4 Å². The Hall–Kier alpha value is -1.86. The highest BCUT2D eigenvalue weighted by Gasteiger charge is 2.13. The van der Waals surface area contributed by atoms with E-state index in [4.69, 9.17) is 5.73 Å². The van der Waals surface area contributed by atoms with E-state index in [0.29, 0.717) is 27.0 Å². The number of carbonyl (C=O) groups is 1. The van der Waals surface area contributed by atoms with Gasteiger partial charge in [0.15, 0.2) is 5.78 Å². The van der Waals surface area contributed by atoms with E-state index in [1.807, 2.05) is 0 Å². The number of halogens is 1. The number of nitrogens with two attached hydrogens (primary N) is 1. The summed E-state index contributed by atoms with van der Waals surface area (Å²) < 4.78 is 25.2.